The predicted octanol–water partition coefficient (Wildman–Crippen LogP) is 2.09. The van der Waals surface area contributed by atoms with E-state index in [1.807, 2.05) is 0 Å². The predicted molar refractivity (Wildman–Crippen MR) is 76.0 cm³/mol. The van der Waals surface area contributed by atoms with Crippen molar-refractivity contribution in [3.05, 3.63) is 53.7 Å². The average Bonchev–Trinajstić information content (AvgIpc) is 2.90. The highest BCUT2D eigenvalue weighted by Crippen LogP contribution is 2.25. The molecule has 1 aromatic carbocycles. The second-order valence-electron chi connectivity index (χ2n) is 3.75. The van der Waals surface area contributed by atoms with Crippen LogP contribution in [0.15, 0.2) is 42.4 Å². The summed E-state index contributed by atoms with van der Waals surface area (Å²) in [5.74, 6) is 0. The molecular weight excluding hydrogens is 238 g/mol. The molecule has 0 spiro atoms. The van der Waals surface area contributed by atoms with Gasteiger partial charge in [0, 0.05) is 22.5 Å². The number of hydrogen-bond acceptors (Lipinski definition) is 3. The van der Waals surface area contributed by atoms with Crippen molar-refractivity contribution < 1.29 is 21.2 Å². The molecule has 1 atom stereocenters. The summed E-state index contributed by atoms with van der Waals surface area (Å²) >= 11 is 0. The van der Waals surface area contributed by atoms with Crippen molar-refractivity contribution in [2.24, 2.45) is 7.05 Å². The van der Waals surface area contributed by atoms with Gasteiger partial charge >= 0.3 is 0 Å². The van der Waals surface area contributed by atoms with Crippen LogP contribution in [0.5, 0.6) is 0 Å². The van der Waals surface area contributed by atoms with Crippen LogP contribution in [0.2, 0.25) is 0 Å². The minimum absolute atomic E-state index is 0.602. The Labute approximate surface area is 131 Å². The van der Waals surface area contributed by atoms with Gasteiger partial charge in [0.15, 0.2) is 0 Å². The molecule has 4 nitrogen and oxygen atoms in total. The molecule has 2 rings (SSSR count). The third-order valence-electron chi connectivity index (χ3n) is 2.06. The van der Waals surface area contributed by atoms with Crippen LogP contribution in [0.25, 0.3) is 0 Å². The van der Waals surface area contributed by atoms with E-state index in [0.29, 0.717) is 0 Å². The van der Waals surface area contributed by atoms with Gasteiger partial charge in [0.2, 0.25) is 0 Å². The normalized spacial score (nSPS) is 25.1. The summed E-state index contributed by atoms with van der Waals surface area (Å²) in [6, 6.07) is -4.90. The molecule has 2 aromatic rings. The van der Waals surface area contributed by atoms with E-state index >= 15 is 0 Å². The SMILES string of the molecule is [2H]c1nn(C)c(C([2H])(OC([2H])([2H])C([2H])([2H])N(C)C)c2c([2H])c([2H])c([2H])c([2H])c2[2H])c1[2H]. The Balaban J connectivity index is 2.97. The van der Waals surface area contributed by atoms with Gasteiger partial charge < -0.3 is 9.64 Å². The molecule has 0 aliphatic carbocycles. The van der Waals surface area contributed by atoms with Gasteiger partial charge in [-0.3, -0.25) is 4.68 Å². The molecule has 0 N–H and O–H groups in total. The maximum absolute atomic E-state index is 8.94. The summed E-state index contributed by atoms with van der Waals surface area (Å²) in [4.78, 5) is 0.843. The van der Waals surface area contributed by atoms with E-state index in [-0.39, 0.29) is 0 Å². The summed E-state index contributed by atoms with van der Waals surface area (Å²) in [7, 11) is 3.65. The minimum Gasteiger partial charge on any atom is -0.366 e. The second-order valence-corrected chi connectivity index (χ2v) is 3.75. The molecule has 1 heterocycles. The van der Waals surface area contributed by atoms with Gasteiger partial charge in [-0.05, 0) is 25.7 Å². The lowest BCUT2D eigenvalue weighted by Crippen LogP contribution is -2.20. The topological polar surface area (TPSA) is 30.3 Å². The van der Waals surface area contributed by atoms with Crippen LogP contribution < -0.4 is 0 Å². The molecule has 0 aliphatic rings. The zero-order chi connectivity index (χ0) is 24.3. The first-order valence-electron chi connectivity index (χ1n) is 11.4. The fourth-order valence-electron chi connectivity index (χ4n) is 1.23. The highest BCUT2D eigenvalue weighted by molar-refractivity contribution is 5.25. The highest BCUT2D eigenvalue weighted by Gasteiger charge is 2.17. The van der Waals surface area contributed by atoms with Crippen molar-refractivity contribution in [2.45, 2.75) is 6.08 Å². The summed E-state index contributed by atoms with van der Waals surface area (Å²) in [6.07, 6.45) is -3.65. The summed E-state index contributed by atoms with van der Waals surface area (Å²) in [5, 5.41) is 3.67. The van der Waals surface area contributed by atoms with Crippen LogP contribution >= 0.6 is 0 Å². The number of ether oxygens (including phenoxy) is 1. The fourth-order valence-corrected chi connectivity index (χ4v) is 1.23. The highest BCUT2D eigenvalue weighted by atomic mass is 16.5. The number of likely N-dealkylation sites (N-methyl/N-ethyl adjacent to an activating group) is 1. The monoisotopic (exact) mass is 271 g/mol. The van der Waals surface area contributed by atoms with Crippen LogP contribution in [-0.4, -0.2) is 41.8 Å². The quantitative estimate of drug-likeness (QED) is 0.806. The van der Waals surface area contributed by atoms with Crippen LogP contribution in [0.1, 0.15) is 33.8 Å². The van der Waals surface area contributed by atoms with Crippen molar-refractivity contribution in [1.29, 1.82) is 0 Å². The largest absolute Gasteiger partial charge is 0.366 e. The van der Waals surface area contributed by atoms with Gasteiger partial charge in [0.05, 0.1) is 26.0 Å². The standard InChI is InChI=1S/C15H21N3O/c1-17(2)11-12-19-15(13-7-5-4-6-8-13)14-9-10-16-18(14)3/h4-10,15H,11-12H2,1-3H3/i4D,5D,6D,7D,8D,9D,10D,11D2,12D2,15D. The zero-order valence-corrected chi connectivity index (χ0v) is 10.7. The summed E-state index contributed by atoms with van der Waals surface area (Å²) < 4.78 is 103. The molecule has 0 aliphatic heterocycles. The van der Waals surface area contributed by atoms with Crippen molar-refractivity contribution in [3.8, 4) is 0 Å². The van der Waals surface area contributed by atoms with Gasteiger partial charge in [0.1, 0.15) is 6.08 Å². The van der Waals surface area contributed by atoms with Gasteiger partial charge in [-0.15, -0.1) is 0 Å². The number of rotatable bonds is 6. The first-order chi connectivity index (χ1) is 13.9. The Morgan fingerprint density at radius 3 is 2.74 bits per heavy atom. The molecule has 4 heteroatoms. The third-order valence-corrected chi connectivity index (χ3v) is 2.06. The number of aryl methyl sites for hydroxylation is 1. The van der Waals surface area contributed by atoms with Crippen LogP contribution in [-0.2, 0) is 11.8 Å². The van der Waals surface area contributed by atoms with Gasteiger partial charge in [-0.2, -0.15) is 5.10 Å². The first kappa shape index (κ1) is 5.04. The average molecular weight is 271 g/mol. The van der Waals surface area contributed by atoms with Crippen LogP contribution in [0.4, 0.5) is 0 Å². The van der Waals surface area contributed by atoms with Crippen molar-refractivity contribution in [2.75, 3.05) is 27.2 Å². The van der Waals surface area contributed by atoms with Crippen molar-refractivity contribution in [1.82, 2.24) is 14.7 Å². The fraction of sp³-hybridized carbons (Fsp3) is 0.400. The zero-order valence-electron chi connectivity index (χ0n) is 22.7. The summed E-state index contributed by atoms with van der Waals surface area (Å²) in [6.45, 7) is -6.11. The molecule has 19 heavy (non-hydrogen) atoms. The Hall–Kier alpha value is -1.65. The van der Waals surface area contributed by atoms with Crippen LogP contribution in [0, 0.1) is 0 Å². The molecule has 0 saturated carbocycles. The van der Waals surface area contributed by atoms with E-state index in [2.05, 4.69) is 5.10 Å². The Bertz CT molecular complexity index is 992. The lowest BCUT2D eigenvalue weighted by Gasteiger charge is -2.20. The third kappa shape index (κ3) is 3.66. The number of nitrogens with zero attached hydrogens (tertiary/aromatic N) is 3. The van der Waals surface area contributed by atoms with Crippen LogP contribution in [0.3, 0.4) is 0 Å². The lowest BCUT2D eigenvalue weighted by molar-refractivity contribution is 0.0638. The van der Waals surface area contributed by atoms with E-state index in [9.17, 15) is 0 Å². The molecule has 0 bridgehead atoms. The van der Waals surface area contributed by atoms with E-state index < -0.39 is 72.8 Å². The molecule has 0 amide bonds. The van der Waals surface area contributed by atoms with Gasteiger partial charge in [0.25, 0.3) is 0 Å². The Morgan fingerprint density at radius 2 is 2.16 bits per heavy atom. The van der Waals surface area contributed by atoms with Gasteiger partial charge in [-0.25, -0.2) is 0 Å². The van der Waals surface area contributed by atoms with E-state index in [1.54, 1.807) is 0 Å². The Kier molecular flexibility index (Phi) is 1.72. The number of hydrogen-bond donors (Lipinski definition) is 0. The Morgan fingerprint density at radius 1 is 1.42 bits per heavy atom. The molecule has 0 saturated heterocycles. The molecule has 1 unspecified atom stereocenters. The number of benzene rings is 1. The van der Waals surface area contributed by atoms with Crippen molar-refractivity contribution in [3.63, 3.8) is 0 Å². The molecule has 102 valence electrons. The molecule has 1 aromatic heterocycles. The van der Waals surface area contributed by atoms with Gasteiger partial charge in [-0.1, -0.05) is 30.2 Å². The first-order valence-corrected chi connectivity index (χ1v) is 5.37. The maximum atomic E-state index is 8.94. The number of aromatic nitrogens is 2. The lowest BCUT2D eigenvalue weighted by atomic mass is 10.1. The van der Waals surface area contributed by atoms with E-state index in [4.69, 9.17) is 21.2 Å². The molecular formula is C15H21N3O. The van der Waals surface area contributed by atoms with Crippen molar-refractivity contribution >= 4 is 0 Å². The van der Waals surface area contributed by atoms with E-state index in [1.165, 1.54) is 21.1 Å². The molecule has 0 fully saturated rings. The molecule has 0 radical (unpaired) electrons. The smallest absolute Gasteiger partial charge is 0.124 e. The maximum Gasteiger partial charge on any atom is 0.124 e. The summed E-state index contributed by atoms with van der Waals surface area (Å²) in [5.41, 5.74) is -1.44. The second kappa shape index (κ2) is 6.50. The minimum atomic E-state index is -3.28. The van der Waals surface area contributed by atoms with E-state index in [0.717, 1.165) is 9.58 Å².